The minimum Gasteiger partial charge on any atom is -0.348 e. The van der Waals surface area contributed by atoms with Gasteiger partial charge >= 0.3 is 12.2 Å². The van der Waals surface area contributed by atoms with Gasteiger partial charge in [0.15, 0.2) is 11.5 Å². The predicted molar refractivity (Wildman–Crippen MR) is 114 cm³/mol. The maximum atomic E-state index is 12.9. The van der Waals surface area contributed by atoms with E-state index in [1.165, 1.54) is 17.0 Å². The van der Waals surface area contributed by atoms with Gasteiger partial charge in [-0.25, -0.2) is 14.8 Å². The van der Waals surface area contributed by atoms with E-state index >= 15 is 0 Å². The number of halogens is 3. The van der Waals surface area contributed by atoms with Crippen LogP contribution in [-0.4, -0.2) is 51.6 Å². The number of rotatable bonds is 3. The number of carbonyl (C=O) groups excluding carboxylic acids is 1. The molecule has 1 saturated heterocycles. The van der Waals surface area contributed by atoms with Crippen molar-refractivity contribution in [1.29, 1.82) is 0 Å². The zero-order chi connectivity index (χ0) is 22.9. The number of fused-ring (bicyclic) bond motifs is 1. The SMILES string of the molecule is CCn1c(=O)c(N2CCN(C(=O)Nc3cccc(C(F)(F)F)c3)CC2)nc2cccnc21. The van der Waals surface area contributed by atoms with Gasteiger partial charge < -0.3 is 15.1 Å². The van der Waals surface area contributed by atoms with Crippen LogP contribution in [0.2, 0.25) is 0 Å². The molecule has 32 heavy (non-hydrogen) atoms. The molecule has 1 aliphatic heterocycles. The molecule has 2 aromatic heterocycles. The lowest BCUT2D eigenvalue weighted by Crippen LogP contribution is -2.51. The second kappa shape index (κ2) is 8.48. The summed E-state index contributed by atoms with van der Waals surface area (Å²) in [4.78, 5) is 37.5. The number of hydrogen-bond acceptors (Lipinski definition) is 5. The number of hydrogen-bond donors (Lipinski definition) is 1. The number of aromatic nitrogens is 3. The van der Waals surface area contributed by atoms with Crippen LogP contribution >= 0.6 is 0 Å². The molecule has 0 atom stereocenters. The molecule has 2 amide bonds. The third kappa shape index (κ3) is 4.23. The molecule has 0 saturated carbocycles. The smallest absolute Gasteiger partial charge is 0.348 e. The van der Waals surface area contributed by atoms with Gasteiger partial charge in [-0.2, -0.15) is 13.2 Å². The van der Waals surface area contributed by atoms with E-state index in [0.717, 1.165) is 12.1 Å². The maximum absolute atomic E-state index is 12.9. The second-order valence-corrected chi connectivity index (χ2v) is 7.31. The Kier molecular flexibility index (Phi) is 5.72. The van der Waals surface area contributed by atoms with Crippen molar-refractivity contribution in [1.82, 2.24) is 19.4 Å². The van der Waals surface area contributed by atoms with Gasteiger partial charge in [0.2, 0.25) is 0 Å². The predicted octanol–water partition coefficient (Wildman–Crippen LogP) is 3.18. The van der Waals surface area contributed by atoms with Crippen LogP contribution in [0.1, 0.15) is 12.5 Å². The first kappa shape index (κ1) is 21.6. The molecular formula is C21H21F3N6O2. The van der Waals surface area contributed by atoms with Crippen LogP contribution in [-0.2, 0) is 12.7 Å². The molecule has 1 fully saturated rings. The van der Waals surface area contributed by atoms with Crippen LogP contribution in [0.4, 0.5) is 29.5 Å². The van der Waals surface area contributed by atoms with E-state index in [1.807, 2.05) is 11.8 Å². The Morgan fingerprint density at radius 1 is 1.12 bits per heavy atom. The van der Waals surface area contributed by atoms with Crippen molar-refractivity contribution in [2.75, 3.05) is 36.4 Å². The maximum Gasteiger partial charge on any atom is 0.416 e. The number of amides is 2. The lowest BCUT2D eigenvalue weighted by Gasteiger charge is -2.35. The first-order valence-electron chi connectivity index (χ1n) is 10.1. The van der Waals surface area contributed by atoms with Crippen LogP contribution in [0.15, 0.2) is 47.4 Å². The Hall–Kier alpha value is -3.63. The molecule has 1 N–H and O–H groups in total. The summed E-state index contributed by atoms with van der Waals surface area (Å²) in [5, 5.41) is 2.51. The summed E-state index contributed by atoms with van der Waals surface area (Å²) in [5.74, 6) is 0.297. The summed E-state index contributed by atoms with van der Waals surface area (Å²) in [7, 11) is 0. The van der Waals surface area contributed by atoms with Crippen molar-refractivity contribution < 1.29 is 18.0 Å². The zero-order valence-corrected chi connectivity index (χ0v) is 17.3. The van der Waals surface area contributed by atoms with E-state index in [0.29, 0.717) is 49.7 Å². The number of urea groups is 1. The van der Waals surface area contributed by atoms with E-state index in [9.17, 15) is 22.8 Å². The number of aryl methyl sites for hydroxylation is 1. The molecule has 168 valence electrons. The Balaban J connectivity index is 1.46. The van der Waals surface area contributed by atoms with Gasteiger partial charge in [-0.3, -0.25) is 9.36 Å². The molecule has 8 nitrogen and oxygen atoms in total. The number of anilines is 2. The number of piperazine rings is 1. The number of nitrogens with one attached hydrogen (secondary N) is 1. The van der Waals surface area contributed by atoms with Gasteiger partial charge in [0.05, 0.1) is 5.56 Å². The van der Waals surface area contributed by atoms with Gasteiger partial charge in [0.25, 0.3) is 5.56 Å². The molecular weight excluding hydrogens is 425 g/mol. The molecule has 0 aliphatic carbocycles. The van der Waals surface area contributed by atoms with Crippen molar-refractivity contribution in [2.24, 2.45) is 0 Å². The third-order valence-corrected chi connectivity index (χ3v) is 5.31. The minimum absolute atomic E-state index is 0.0711. The Morgan fingerprint density at radius 2 is 1.88 bits per heavy atom. The van der Waals surface area contributed by atoms with Crippen molar-refractivity contribution in [3.8, 4) is 0 Å². The number of alkyl halides is 3. The number of benzene rings is 1. The van der Waals surface area contributed by atoms with Gasteiger partial charge in [0, 0.05) is 44.6 Å². The van der Waals surface area contributed by atoms with E-state index in [-0.39, 0.29) is 11.2 Å². The van der Waals surface area contributed by atoms with Gasteiger partial charge in [-0.15, -0.1) is 0 Å². The monoisotopic (exact) mass is 446 g/mol. The van der Waals surface area contributed by atoms with Crippen molar-refractivity contribution in [3.63, 3.8) is 0 Å². The van der Waals surface area contributed by atoms with Gasteiger partial charge in [-0.1, -0.05) is 6.07 Å². The molecule has 0 bridgehead atoms. The van der Waals surface area contributed by atoms with E-state index in [2.05, 4.69) is 15.3 Å². The molecule has 1 aromatic carbocycles. The topological polar surface area (TPSA) is 83.4 Å². The fourth-order valence-electron chi connectivity index (χ4n) is 3.66. The first-order chi connectivity index (χ1) is 15.3. The quantitative estimate of drug-likeness (QED) is 0.668. The zero-order valence-electron chi connectivity index (χ0n) is 17.3. The molecule has 0 unspecified atom stereocenters. The Morgan fingerprint density at radius 3 is 2.56 bits per heavy atom. The highest BCUT2D eigenvalue weighted by Crippen LogP contribution is 2.30. The van der Waals surface area contributed by atoms with E-state index < -0.39 is 17.8 Å². The second-order valence-electron chi connectivity index (χ2n) is 7.31. The molecule has 3 aromatic rings. The van der Waals surface area contributed by atoms with Gasteiger partial charge in [-0.05, 0) is 37.3 Å². The fraction of sp³-hybridized carbons (Fsp3) is 0.333. The average molecular weight is 446 g/mol. The highest BCUT2D eigenvalue weighted by molar-refractivity contribution is 5.89. The van der Waals surface area contributed by atoms with Crippen LogP contribution < -0.4 is 15.8 Å². The lowest BCUT2D eigenvalue weighted by atomic mass is 10.2. The molecule has 0 spiro atoms. The molecule has 11 heteroatoms. The molecule has 3 heterocycles. The summed E-state index contributed by atoms with van der Waals surface area (Å²) in [5.41, 5.74) is 0.114. The van der Waals surface area contributed by atoms with Crippen LogP contribution in [0.5, 0.6) is 0 Å². The largest absolute Gasteiger partial charge is 0.416 e. The number of pyridine rings is 1. The highest BCUT2D eigenvalue weighted by Gasteiger charge is 2.31. The average Bonchev–Trinajstić information content (AvgIpc) is 2.78. The molecule has 1 aliphatic rings. The highest BCUT2D eigenvalue weighted by atomic mass is 19.4. The van der Waals surface area contributed by atoms with Crippen LogP contribution in [0.3, 0.4) is 0 Å². The summed E-state index contributed by atoms with van der Waals surface area (Å²) in [6, 6.07) is 7.54. The Labute approximate surface area is 181 Å². The first-order valence-corrected chi connectivity index (χ1v) is 10.1. The van der Waals surface area contributed by atoms with Crippen LogP contribution in [0, 0.1) is 0 Å². The van der Waals surface area contributed by atoms with E-state index in [1.54, 1.807) is 22.9 Å². The van der Waals surface area contributed by atoms with Crippen molar-refractivity contribution in [2.45, 2.75) is 19.6 Å². The molecule has 0 radical (unpaired) electrons. The van der Waals surface area contributed by atoms with Gasteiger partial charge in [0.1, 0.15) is 5.52 Å². The molecule has 4 rings (SSSR count). The fourth-order valence-corrected chi connectivity index (χ4v) is 3.66. The van der Waals surface area contributed by atoms with Crippen molar-refractivity contribution >= 4 is 28.7 Å². The normalized spacial score (nSPS) is 14.6. The number of nitrogens with zero attached hydrogens (tertiary/aromatic N) is 5. The van der Waals surface area contributed by atoms with E-state index in [4.69, 9.17) is 0 Å². The van der Waals surface area contributed by atoms with Crippen molar-refractivity contribution in [3.05, 3.63) is 58.5 Å². The summed E-state index contributed by atoms with van der Waals surface area (Å²) in [6.07, 6.45) is -2.88. The Bertz CT molecular complexity index is 1200. The number of carbonyl (C=O) groups is 1. The summed E-state index contributed by atoms with van der Waals surface area (Å²) in [6.45, 7) is 3.63. The minimum atomic E-state index is -4.49. The lowest BCUT2D eigenvalue weighted by molar-refractivity contribution is -0.137. The standard InChI is InChI=1S/C21H21F3N6O2/c1-2-30-17-16(7-4-8-25-17)27-18(19(30)31)28-9-11-29(12-10-28)20(32)26-15-6-3-5-14(13-15)21(22,23)24/h3-8,13H,2,9-12H2,1H3,(H,26,32). The third-order valence-electron chi connectivity index (χ3n) is 5.31. The van der Waals surface area contributed by atoms with Crippen LogP contribution in [0.25, 0.3) is 11.2 Å². The summed E-state index contributed by atoms with van der Waals surface area (Å²) >= 11 is 0. The summed E-state index contributed by atoms with van der Waals surface area (Å²) < 4.78 is 40.2.